The van der Waals surface area contributed by atoms with Gasteiger partial charge in [-0.2, -0.15) is 13.2 Å². The quantitative estimate of drug-likeness (QED) is 0.736. The van der Waals surface area contributed by atoms with Crippen LogP contribution in [0.4, 0.5) is 13.2 Å². The molecule has 0 radical (unpaired) electrons. The SMILES string of the molecule is CC(c1ccc(C(=O)N(C2CCC(CC(=O)O)CC2)C2CC2)cc1)C(F)(F)F. The van der Waals surface area contributed by atoms with E-state index in [2.05, 4.69) is 0 Å². The summed E-state index contributed by atoms with van der Waals surface area (Å²) >= 11 is 0. The van der Waals surface area contributed by atoms with Crippen LogP contribution in [0.25, 0.3) is 0 Å². The highest BCUT2D eigenvalue weighted by Crippen LogP contribution is 2.38. The molecule has 1 atom stereocenters. The lowest BCUT2D eigenvalue weighted by molar-refractivity contribution is -0.146. The number of carbonyl (C=O) groups excluding carboxylic acids is 1. The Balaban J connectivity index is 1.68. The Kier molecular flexibility index (Phi) is 6.01. The van der Waals surface area contributed by atoms with E-state index in [1.807, 2.05) is 4.90 Å². The number of benzene rings is 1. The Morgan fingerprint density at radius 3 is 1.96 bits per heavy atom. The first-order valence-electron chi connectivity index (χ1n) is 9.88. The number of amides is 1. The van der Waals surface area contributed by atoms with Gasteiger partial charge in [-0.15, -0.1) is 0 Å². The molecule has 28 heavy (non-hydrogen) atoms. The molecule has 2 fully saturated rings. The highest BCUT2D eigenvalue weighted by Gasteiger charge is 2.40. The van der Waals surface area contributed by atoms with Crippen LogP contribution < -0.4 is 0 Å². The predicted octanol–water partition coefficient (Wildman–Crippen LogP) is 4.99. The summed E-state index contributed by atoms with van der Waals surface area (Å²) in [6.07, 6.45) is 0.898. The van der Waals surface area contributed by atoms with Gasteiger partial charge in [0.05, 0.1) is 5.92 Å². The zero-order valence-electron chi connectivity index (χ0n) is 15.9. The maximum atomic E-state index is 13.1. The van der Waals surface area contributed by atoms with E-state index in [0.717, 1.165) is 45.4 Å². The van der Waals surface area contributed by atoms with E-state index in [0.29, 0.717) is 5.56 Å². The molecule has 0 aromatic heterocycles. The third-order valence-corrected chi connectivity index (χ3v) is 6.00. The summed E-state index contributed by atoms with van der Waals surface area (Å²) in [7, 11) is 0. The molecule has 0 heterocycles. The maximum absolute atomic E-state index is 13.1. The van der Waals surface area contributed by atoms with Gasteiger partial charge in [-0.1, -0.05) is 12.1 Å². The second-order valence-corrected chi connectivity index (χ2v) is 8.10. The van der Waals surface area contributed by atoms with Crippen molar-refractivity contribution in [1.82, 2.24) is 4.90 Å². The molecule has 1 unspecified atom stereocenters. The van der Waals surface area contributed by atoms with Crippen LogP contribution in [0.3, 0.4) is 0 Å². The van der Waals surface area contributed by atoms with E-state index in [4.69, 9.17) is 5.11 Å². The van der Waals surface area contributed by atoms with Crippen molar-refractivity contribution in [2.45, 2.75) is 76.0 Å². The molecule has 2 aliphatic rings. The van der Waals surface area contributed by atoms with Crippen molar-refractivity contribution < 1.29 is 27.9 Å². The van der Waals surface area contributed by atoms with Crippen LogP contribution in [0.2, 0.25) is 0 Å². The maximum Gasteiger partial charge on any atom is 0.395 e. The van der Waals surface area contributed by atoms with E-state index in [9.17, 15) is 22.8 Å². The smallest absolute Gasteiger partial charge is 0.395 e. The summed E-state index contributed by atoms with van der Waals surface area (Å²) in [6, 6.07) is 6.04. The first-order valence-corrected chi connectivity index (χ1v) is 9.88. The molecule has 1 aromatic rings. The highest BCUT2D eigenvalue weighted by atomic mass is 19.4. The minimum atomic E-state index is -4.31. The Morgan fingerprint density at radius 2 is 1.54 bits per heavy atom. The Hall–Kier alpha value is -2.05. The van der Waals surface area contributed by atoms with Crippen molar-refractivity contribution in [3.63, 3.8) is 0 Å². The van der Waals surface area contributed by atoms with Crippen molar-refractivity contribution in [1.29, 1.82) is 0 Å². The Bertz CT molecular complexity index is 705. The van der Waals surface area contributed by atoms with E-state index in [1.54, 1.807) is 0 Å². The van der Waals surface area contributed by atoms with Gasteiger partial charge in [-0.3, -0.25) is 9.59 Å². The third-order valence-electron chi connectivity index (χ3n) is 6.00. The van der Waals surface area contributed by atoms with Crippen LogP contribution >= 0.6 is 0 Å². The first kappa shape index (κ1) is 20.7. The minimum Gasteiger partial charge on any atom is -0.481 e. The lowest BCUT2D eigenvalue weighted by Crippen LogP contribution is -2.44. The van der Waals surface area contributed by atoms with E-state index in [1.165, 1.54) is 24.3 Å². The summed E-state index contributed by atoms with van der Waals surface area (Å²) in [5.41, 5.74) is 0.564. The molecule has 1 N–H and O–H groups in total. The number of hydrogen-bond donors (Lipinski definition) is 1. The molecule has 3 rings (SSSR count). The molecule has 0 aliphatic heterocycles. The normalized spacial score (nSPS) is 23.9. The molecule has 0 spiro atoms. The number of carboxylic acid groups (broad SMARTS) is 1. The number of hydrogen-bond acceptors (Lipinski definition) is 2. The van der Waals surface area contributed by atoms with Crippen LogP contribution in [0.15, 0.2) is 24.3 Å². The molecule has 1 amide bonds. The molecular weight excluding hydrogens is 371 g/mol. The zero-order chi connectivity index (χ0) is 20.5. The number of halogens is 3. The minimum absolute atomic E-state index is 0.0822. The molecule has 0 bridgehead atoms. The van der Waals surface area contributed by atoms with Crippen molar-refractivity contribution in [3.05, 3.63) is 35.4 Å². The van der Waals surface area contributed by atoms with Gasteiger partial charge in [-0.25, -0.2) is 0 Å². The summed E-state index contributed by atoms with van der Waals surface area (Å²) in [5, 5.41) is 8.95. The second-order valence-electron chi connectivity index (χ2n) is 8.10. The molecule has 2 aliphatic carbocycles. The number of rotatable bonds is 6. The van der Waals surface area contributed by atoms with E-state index in [-0.39, 0.29) is 35.9 Å². The van der Waals surface area contributed by atoms with Crippen molar-refractivity contribution in [2.75, 3.05) is 0 Å². The molecule has 7 heteroatoms. The van der Waals surface area contributed by atoms with Crippen molar-refractivity contribution in [2.24, 2.45) is 5.92 Å². The van der Waals surface area contributed by atoms with Crippen LogP contribution in [0, 0.1) is 5.92 Å². The number of carboxylic acids is 1. The van der Waals surface area contributed by atoms with Crippen LogP contribution in [-0.4, -0.2) is 40.1 Å². The largest absolute Gasteiger partial charge is 0.481 e. The van der Waals surface area contributed by atoms with Gasteiger partial charge in [0.1, 0.15) is 0 Å². The average molecular weight is 397 g/mol. The molecular formula is C21H26F3NO3. The number of alkyl halides is 3. The van der Waals surface area contributed by atoms with Crippen LogP contribution in [0.1, 0.15) is 73.7 Å². The first-order chi connectivity index (χ1) is 13.2. The van der Waals surface area contributed by atoms with Crippen molar-refractivity contribution in [3.8, 4) is 0 Å². The molecule has 154 valence electrons. The fourth-order valence-corrected chi connectivity index (χ4v) is 4.11. The van der Waals surface area contributed by atoms with Crippen LogP contribution in [-0.2, 0) is 4.79 Å². The molecule has 2 saturated carbocycles. The Morgan fingerprint density at radius 1 is 1.04 bits per heavy atom. The molecule has 4 nitrogen and oxygen atoms in total. The average Bonchev–Trinajstić information content (AvgIpc) is 3.46. The van der Waals surface area contributed by atoms with Gasteiger partial charge in [0.15, 0.2) is 0 Å². The van der Waals surface area contributed by atoms with E-state index < -0.39 is 18.1 Å². The van der Waals surface area contributed by atoms with Gasteiger partial charge in [0.2, 0.25) is 0 Å². The van der Waals surface area contributed by atoms with Gasteiger partial charge in [-0.05, 0) is 69.1 Å². The third kappa shape index (κ3) is 4.86. The Labute approximate surface area is 162 Å². The predicted molar refractivity (Wildman–Crippen MR) is 98.1 cm³/mol. The monoisotopic (exact) mass is 397 g/mol. The zero-order valence-corrected chi connectivity index (χ0v) is 15.9. The van der Waals surface area contributed by atoms with Gasteiger partial charge < -0.3 is 10.0 Å². The summed E-state index contributed by atoms with van der Waals surface area (Å²) in [5.74, 6) is -2.32. The fourth-order valence-electron chi connectivity index (χ4n) is 4.11. The van der Waals surface area contributed by atoms with Crippen LogP contribution in [0.5, 0.6) is 0 Å². The topological polar surface area (TPSA) is 57.6 Å². The number of carbonyl (C=O) groups is 2. The van der Waals surface area contributed by atoms with Gasteiger partial charge in [0, 0.05) is 24.1 Å². The molecule has 1 aromatic carbocycles. The highest BCUT2D eigenvalue weighted by molar-refractivity contribution is 5.95. The summed E-state index contributed by atoms with van der Waals surface area (Å²) < 4.78 is 38.6. The lowest BCUT2D eigenvalue weighted by atomic mass is 9.83. The number of nitrogens with zero attached hydrogens (tertiary/aromatic N) is 1. The lowest BCUT2D eigenvalue weighted by Gasteiger charge is -2.37. The standard InChI is InChI=1S/C21H26F3NO3/c1-13(21(22,23)24)15-4-6-16(7-5-15)20(28)25(18-10-11-18)17-8-2-14(3-9-17)12-19(26)27/h4-7,13-14,17-18H,2-3,8-12H2,1H3,(H,26,27). The van der Waals surface area contributed by atoms with Crippen molar-refractivity contribution >= 4 is 11.9 Å². The van der Waals surface area contributed by atoms with Gasteiger partial charge in [0.25, 0.3) is 5.91 Å². The number of aliphatic carboxylic acids is 1. The molecule has 0 saturated heterocycles. The second kappa shape index (κ2) is 8.13. The summed E-state index contributed by atoms with van der Waals surface area (Å²) in [4.78, 5) is 25.9. The fraction of sp³-hybridized carbons (Fsp3) is 0.619. The van der Waals surface area contributed by atoms with Gasteiger partial charge >= 0.3 is 12.1 Å². The summed E-state index contributed by atoms with van der Waals surface area (Å²) in [6.45, 7) is 1.11. The van der Waals surface area contributed by atoms with E-state index >= 15 is 0 Å².